The summed E-state index contributed by atoms with van der Waals surface area (Å²) in [6, 6.07) is 2.14. The number of alkyl halides is 3. The van der Waals surface area contributed by atoms with Gasteiger partial charge in [-0.15, -0.1) is 0 Å². The van der Waals surface area contributed by atoms with Gasteiger partial charge in [0.25, 0.3) is 0 Å². The molecule has 0 saturated heterocycles. The van der Waals surface area contributed by atoms with Crippen LogP contribution in [0.25, 0.3) is 0 Å². The van der Waals surface area contributed by atoms with E-state index in [-0.39, 0.29) is 5.92 Å². The van der Waals surface area contributed by atoms with Crippen molar-refractivity contribution >= 4 is 11.6 Å². The van der Waals surface area contributed by atoms with Gasteiger partial charge in [-0.2, -0.15) is 8.78 Å². The van der Waals surface area contributed by atoms with Crippen LogP contribution in [-0.4, -0.2) is 0 Å². The van der Waals surface area contributed by atoms with E-state index in [1.165, 1.54) is 77.0 Å². The average molecular weight is 515 g/mol. The van der Waals surface area contributed by atoms with Crippen LogP contribution >= 0.6 is 11.6 Å². The maximum atomic E-state index is 14.2. The van der Waals surface area contributed by atoms with E-state index in [9.17, 15) is 17.6 Å². The molecule has 1 aromatic carbocycles. The second-order valence-corrected chi connectivity index (χ2v) is 12.5. The van der Waals surface area contributed by atoms with Crippen LogP contribution in [0.3, 0.4) is 0 Å². The fourth-order valence-corrected chi connectivity index (χ4v) is 7.84. The maximum Gasteiger partial charge on any atom is 0.353 e. The summed E-state index contributed by atoms with van der Waals surface area (Å²) in [7, 11) is 0. The Balaban J connectivity index is 1.18. The van der Waals surface area contributed by atoms with E-state index in [0.29, 0.717) is 11.5 Å². The SMILES string of the molecule is CCCC1CCC(CCC2CCC(C3CCC(c4cc(F)c(C(F)(F)Cl)c(F)c4)CC3)CC2)CC1. The molecule has 35 heavy (non-hydrogen) atoms. The summed E-state index contributed by atoms with van der Waals surface area (Å²) in [6.45, 7) is 2.31. The zero-order valence-corrected chi connectivity index (χ0v) is 22.1. The van der Waals surface area contributed by atoms with Gasteiger partial charge in [0.15, 0.2) is 0 Å². The van der Waals surface area contributed by atoms with Crippen molar-refractivity contribution in [2.45, 2.75) is 121 Å². The molecule has 198 valence electrons. The van der Waals surface area contributed by atoms with Crippen molar-refractivity contribution in [2.75, 3.05) is 0 Å². The lowest BCUT2D eigenvalue weighted by Gasteiger charge is -2.38. The highest BCUT2D eigenvalue weighted by Crippen LogP contribution is 2.46. The Morgan fingerprint density at radius 1 is 0.686 bits per heavy atom. The first-order chi connectivity index (χ1) is 16.7. The van der Waals surface area contributed by atoms with Gasteiger partial charge in [-0.05, 0) is 103 Å². The van der Waals surface area contributed by atoms with Crippen molar-refractivity contribution in [3.63, 3.8) is 0 Å². The average Bonchev–Trinajstić information content (AvgIpc) is 2.83. The largest absolute Gasteiger partial charge is 0.353 e. The van der Waals surface area contributed by atoms with Crippen molar-refractivity contribution in [3.05, 3.63) is 34.9 Å². The zero-order chi connectivity index (χ0) is 25.0. The molecule has 3 fully saturated rings. The molecule has 0 N–H and O–H groups in total. The summed E-state index contributed by atoms with van der Waals surface area (Å²) in [5.74, 6) is 1.90. The summed E-state index contributed by atoms with van der Waals surface area (Å²) in [5.41, 5.74) is -0.840. The van der Waals surface area contributed by atoms with Gasteiger partial charge in [0.2, 0.25) is 0 Å². The quantitative estimate of drug-likeness (QED) is 0.239. The molecular formula is C30H43ClF4. The van der Waals surface area contributed by atoms with Crippen molar-refractivity contribution in [1.82, 2.24) is 0 Å². The van der Waals surface area contributed by atoms with Crippen LogP contribution in [0.15, 0.2) is 12.1 Å². The topological polar surface area (TPSA) is 0 Å². The molecule has 3 aliphatic carbocycles. The minimum Gasteiger partial charge on any atom is -0.206 e. The number of halogens is 5. The molecule has 5 heteroatoms. The van der Waals surface area contributed by atoms with Gasteiger partial charge in [0, 0.05) is 0 Å². The van der Waals surface area contributed by atoms with E-state index in [1.54, 1.807) is 0 Å². The smallest absolute Gasteiger partial charge is 0.206 e. The summed E-state index contributed by atoms with van der Waals surface area (Å²) in [6.07, 6.45) is 20.7. The van der Waals surface area contributed by atoms with Gasteiger partial charge >= 0.3 is 5.38 Å². The molecule has 4 rings (SSSR count). The van der Waals surface area contributed by atoms with Crippen LogP contribution in [-0.2, 0) is 5.38 Å². The molecule has 0 unspecified atom stereocenters. The Morgan fingerprint density at radius 2 is 1.09 bits per heavy atom. The lowest BCUT2D eigenvalue weighted by atomic mass is 9.67. The van der Waals surface area contributed by atoms with E-state index in [2.05, 4.69) is 6.92 Å². The van der Waals surface area contributed by atoms with E-state index >= 15 is 0 Å². The second kappa shape index (κ2) is 12.2. The highest BCUT2D eigenvalue weighted by molar-refractivity contribution is 6.21. The number of hydrogen-bond donors (Lipinski definition) is 0. The second-order valence-electron chi connectivity index (χ2n) is 12.0. The first-order valence-electron chi connectivity index (χ1n) is 14.3. The fraction of sp³-hybridized carbons (Fsp3) is 0.800. The minimum atomic E-state index is -4.03. The zero-order valence-electron chi connectivity index (χ0n) is 21.3. The third-order valence-corrected chi connectivity index (χ3v) is 9.98. The molecule has 0 nitrogen and oxygen atoms in total. The summed E-state index contributed by atoms with van der Waals surface area (Å²) >= 11 is 4.88. The lowest BCUT2D eigenvalue weighted by molar-refractivity contribution is 0.0857. The molecule has 1 aromatic rings. The molecule has 0 aromatic heterocycles. The van der Waals surface area contributed by atoms with Crippen LogP contribution in [0.1, 0.15) is 127 Å². The van der Waals surface area contributed by atoms with Gasteiger partial charge in [-0.3, -0.25) is 0 Å². The van der Waals surface area contributed by atoms with Gasteiger partial charge < -0.3 is 0 Å². The molecule has 3 saturated carbocycles. The van der Waals surface area contributed by atoms with Crippen LogP contribution in [0, 0.1) is 41.2 Å². The van der Waals surface area contributed by atoms with E-state index < -0.39 is 22.6 Å². The number of benzene rings is 1. The first kappa shape index (κ1) is 27.3. The van der Waals surface area contributed by atoms with Gasteiger partial charge in [0.05, 0.1) is 0 Å². The summed E-state index contributed by atoms with van der Waals surface area (Å²) < 4.78 is 55.0. The Kier molecular flexibility index (Phi) is 9.49. The molecule has 0 atom stereocenters. The molecule has 0 spiro atoms. The van der Waals surface area contributed by atoms with Crippen LogP contribution in [0.5, 0.6) is 0 Å². The monoisotopic (exact) mass is 514 g/mol. The molecule has 0 amide bonds. The Hall–Kier alpha value is -0.770. The third kappa shape index (κ3) is 7.17. The predicted octanol–water partition coefficient (Wildman–Crippen LogP) is 10.7. The number of hydrogen-bond acceptors (Lipinski definition) is 0. The van der Waals surface area contributed by atoms with Crippen LogP contribution < -0.4 is 0 Å². The molecule has 0 aliphatic heterocycles. The van der Waals surface area contributed by atoms with E-state index in [0.717, 1.165) is 61.5 Å². The minimum absolute atomic E-state index is 0.0389. The highest BCUT2D eigenvalue weighted by atomic mass is 35.5. The Bertz CT molecular complexity index is 772. The van der Waals surface area contributed by atoms with E-state index in [1.807, 2.05) is 0 Å². The summed E-state index contributed by atoms with van der Waals surface area (Å²) in [5, 5.41) is -4.03. The standard InChI is InChI=1S/C30H43ClF4/c1-2-3-20-4-6-21(7-5-20)8-9-22-10-12-23(13-11-22)24-14-16-25(17-15-24)26-18-27(32)29(28(33)19-26)30(31,34)35/h18-25H,2-17H2,1H3. The fourth-order valence-electron chi connectivity index (χ4n) is 7.66. The lowest BCUT2D eigenvalue weighted by Crippen LogP contribution is -2.26. The Labute approximate surface area is 214 Å². The van der Waals surface area contributed by atoms with Crippen molar-refractivity contribution in [1.29, 1.82) is 0 Å². The van der Waals surface area contributed by atoms with Crippen molar-refractivity contribution < 1.29 is 17.6 Å². The van der Waals surface area contributed by atoms with Gasteiger partial charge in [-0.1, -0.05) is 71.1 Å². The molecule has 3 aliphatic rings. The molecule has 0 radical (unpaired) electrons. The van der Waals surface area contributed by atoms with E-state index in [4.69, 9.17) is 11.6 Å². The maximum absolute atomic E-state index is 14.2. The summed E-state index contributed by atoms with van der Waals surface area (Å²) in [4.78, 5) is 0. The normalized spacial score (nSPS) is 32.5. The highest BCUT2D eigenvalue weighted by Gasteiger charge is 2.37. The predicted molar refractivity (Wildman–Crippen MR) is 136 cm³/mol. The van der Waals surface area contributed by atoms with Gasteiger partial charge in [0.1, 0.15) is 17.2 Å². The first-order valence-corrected chi connectivity index (χ1v) is 14.7. The Morgan fingerprint density at radius 3 is 1.51 bits per heavy atom. The third-order valence-electron chi connectivity index (χ3n) is 9.80. The molecule has 0 bridgehead atoms. The number of rotatable bonds is 8. The molecular weight excluding hydrogens is 472 g/mol. The van der Waals surface area contributed by atoms with Gasteiger partial charge in [-0.25, -0.2) is 8.78 Å². The van der Waals surface area contributed by atoms with Crippen LogP contribution in [0.4, 0.5) is 17.6 Å². The van der Waals surface area contributed by atoms with Crippen molar-refractivity contribution in [3.8, 4) is 0 Å². The van der Waals surface area contributed by atoms with Crippen molar-refractivity contribution in [2.24, 2.45) is 29.6 Å². The molecule has 0 heterocycles. The van der Waals surface area contributed by atoms with Crippen LogP contribution in [0.2, 0.25) is 0 Å².